The first-order valence-electron chi connectivity index (χ1n) is 9.38. The number of pyridine rings is 1. The fraction of sp³-hybridized carbons (Fsp3) is 0.450. The summed E-state index contributed by atoms with van der Waals surface area (Å²) >= 11 is 1.57. The molecule has 0 spiro atoms. The highest BCUT2D eigenvalue weighted by atomic mass is 32.1. The van der Waals surface area contributed by atoms with E-state index >= 15 is 0 Å². The van der Waals surface area contributed by atoms with Crippen LogP contribution in [0.1, 0.15) is 29.1 Å². The molecule has 1 aliphatic heterocycles. The topological polar surface area (TPSA) is 81.6 Å². The summed E-state index contributed by atoms with van der Waals surface area (Å²) in [7, 11) is 2.04. The van der Waals surface area contributed by atoms with Crippen LogP contribution in [0.25, 0.3) is 0 Å². The van der Waals surface area contributed by atoms with E-state index in [1.807, 2.05) is 24.7 Å². The van der Waals surface area contributed by atoms with E-state index in [2.05, 4.69) is 32.8 Å². The lowest BCUT2D eigenvalue weighted by molar-refractivity contribution is -0.0199. The highest BCUT2D eigenvalue weighted by molar-refractivity contribution is 7.09. The van der Waals surface area contributed by atoms with Crippen molar-refractivity contribution in [1.29, 1.82) is 0 Å². The summed E-state index contributed by atoms with van der Waals surface area (Å²) < 4.78 is 0. The molecule has 1 aliphatic rings. The minimum Gasteiger partial charge on any atom is -0.383 e. The molecular weight excluding hydrogens is 374 g/mol. The predicted octanol–water partition coefficient (Wildman–Crippen LogP) is 2.35. The summed E-state index contributed by atoms with van der Waals surface area (Å²) in [6, 6.07) is 3.88. The molecule has 150 valence electrons. The highest BCUT2D eigenvalue weighted by Gasteiger charge is 2.37. The van der Waals surface area contributed by atoms with Gasteiger partial charge in [0.25, 0.3) is 0 Å². The van der Waals surface area contributed by atoms with Gasteiger partial charge in [-0.15, -0.1) is 17.9 Å². The van der Waals surface area contributed by atoms with Gasteiger partial charge in [0.1, 0.15) is 10.6 Å². The summed E-state index contributed by atoms with van der Waals surface area (Å²) in [4.78, 5) is 24.8. The average Bonchev–Trinajstić information content (AvgIpc) is 3.16. The van der Waals surface area contributed by atoms with Gasteiger partial charge in [-0.05, 0) is 31.5 Å². The molecule has 1 saturated heterocycles. The number of hydrogen-bond donors (Lipinski definition) is 2. The van der Waals surface area contributed by atoms with Crippen molar-refractivity contribution in [2.75, 3.05) is 26.7 Å². The second-order valence-corrected chi connectivity index (χ2v) is 8.10. The van der Waals surface area contributed by atoms with E-state index in [4.69, 9.17) is 0 Å². The third kappa shape index (κ3) is 5.15. The molecule has 3 heterocycles. The molecule has 0 aromatic carbocycles. The maximum atomic E-state index is 12.0. The number of hydrogen-bond acceptors (Lipinski definition) is 6. The standard InChI is InChI=1S/C20H27N5O2S/c1-3-8-22-19(26)25-10-6-20(27,7-11-25)17-15-28-18(23-17)14-24(2)13-16-5-4-9-21-12-16/h3-5,9,12,15,27H,1,6-8,10-11,13-14H2,2H3,(H,22,26). The van der Waals surface area contributed by atoms with Crippen molar-refractivity contribution in [2.45, 2.75) is 31.5 Å². The Kier molecular flexibility index (Phi) is 6.77. The Morgan fingerprint density at radius 3 is 2.93 bits per heavy atom. The molecule has 28 heavy (non-hydrogen) atoms. The molecule has 7 nitrogen and oxygen atoms in total. The minimum absolute atomic E-state index is 0.113. The molecule has 0 aliphatic carbocycles. The molecule has 0 atom stereocenters. The number of aliphatic hydroxyl groups is 1. The van der Waals surface area contributed by atoms with Gasteiger partial charge in [-0.25, -0.2) is 9.78 Å². The summed E-state index contributed by atoms with van der Waals surface area (Å²) in [5.41, 5.74) is 0.905. The van der Waals surface area contributed by atoms with Crippen molar-refractivity contribution >= 4 is 17.4 Å². The second kappa shape index (κ2) is 9.27. The van der Waals surface area contributed by atoms with E-state index in [0.717, 1.165) is 17.1 Å². The predicted molar refractivity (Wildman–Crippen MR) is 110 cm³/mol. The number of carbonyl (C=O) groups excluding carboxylic acids is 1. The van der Waals surface area contributed by atoms with Crippen LogP contribution in [0, 0.1) is 0 Å². The van der Waals surface area contributed by atoms with Gasteiger partial charge in [-0.2, -0.15) is 0 Å². The van der Waals surface area contributed by atoms with E-state index in [1.165, 1.54) is 0 Å². The van der Waals surface area contributed by atoms with Crippen molar-refractivity contribution in [1.82, 2.24) is 25.1 Å². The summed E-state index contributed by atoms with van der Waals surface area (Å²) in [6.07, 6.45) is 6.27. The van der Waals surface area contributed by atoms with Crippen LogP contribution in [0.2, 0.25) is 0 Å². The Hall–Kier alpha value is -2.29. The van der Waals surface area contributed by atoms with Crippen LogP contribution in [-0.2, 0) is 18.7 Å². The van der Waals surface area contributed by atoms with Gasteiger partial charge >= 0.3 is 6.03 Å². The molecule has 2 aromatic rings. The number of aromatic nitrogens is 2. The number of nitrogens with zero attached hydrogens (tertiary/aromatic N) is 4. The molecule has 2 amide bonds. The fourth-order valence-electron chi connectivity index (χ4n) is 3.29. The van der Waals surface area contributed by atoms with E-state index < -0.39 is 5.60 Å². The van der Waals surface area contributed by atoms with Crippen LogP contribution in [0.5, 0.6) is 0 Å². The van der Waals surface area contributed by atoms with Gasteiger partial charge < -0.3 is 15.3 Å². The molecule has 2 aromatic heterocycles. The smallest absolute Gasteiger partial charge is 0.317 e. The van der Waals surface area contributed by atoms with Crippen LogP contribution in [0.3, 0.4) is 0 Å². The highest BCUT2D eigenvalue weighted by Crippen LogP contribution is 2.33. The van der Waals surface area contributed by atoms with E-state index in [0.29, 0.717) is 44.7 Å². The Balaban J connectivity index is 1.54. The maximum absolute atomic E-state index is 12.0. The van der Waals surface area contributed by atoms with Crippen LogP contribution in [0.4, 0.5) is 4.79 Å². The molecule has 1 fully saturated rings. The van der Waals surface area contributed by atoms with E-state index in [1.54, 1.807) is 28.5 Å². The van der Waals surface area contributed by atoms with Crippen LogP contribution in [-0.4, -0.2) is 57.6 Å². The van der Waals surface area contributed by atoms with Crippen molar-refractivity contribution in [3.63, 3.8) is 0 Å². The van der Waals surface area contributed by atoms with E-state index in [9.17, 15) is 9.90 Å². The zero-order chi connectivity index (χ0) is 20.0. The number of nitrogens with one attached hydrogen (secondary N) is 1. The van der Waals surface area contributed by atoms with Gasteiger partial charge in [-0.1, -0.05) is 12.1 Å². The first kappa shape index (κ1) is 20.4. The number of rotatable bonds is 7. The number of likely N-dealkylation sites (tertiary alicyclic amines) is 1. The van der Waals surface area contributed by atoms with Crippen LogP contribution >= 0.6 is 11.3 Å². The van der Waals surface area contributed by atoms with Gasteiger partial charge in [0.05, 0.1) is 12.2 Å². The quantitative estimate of drug-likeness (QED) is 0.696. The molecule has 8 heteroatoms. The Morgan fingerprint density at radius 1 is 1.46 bits per heavy atom. The molecule has 0 radical (unpaired) electrons. The Bertz CT molecular complexity index is 787. The zero-order valence-electron chi connectivity index (χ0n) is 16.2. The number of thiazole rings is 1. The monoisotopic (exact) mass is 401 g/mol. The molecule has 0 saturated carbocycles. The van der Waals surface area contributed by atoms with Gasteiger partial charge in [0, 0.05) is 44.0 Å². The van der Waals surface area contributed by atoms with Crippen molar-refractivity contribution in [2.24, 2.45) is 0 Å². The van der Waals surface area contributed by atoms with Gasteiger partial charge in [0.15, 0.2) is 0 Å². The lowest BCUT2D eigenvalue weighted by Crippen LogP contribution is -2.48. The normalized spacial score (nSPS) is 16.2. The van der Waals surface area contributed by atoms with E-state index in [-0.39, 0.29) is 6.03 Å². The largest absolute Gasteiger partial charge is 0.383 e. The average molecular weight is 402 g/mol. The molecule has 0 unspecified atom stereocenters. The first-order chi connectivity index (χ1) is 13.5. The minimum atomic E-state index is -0.966. The number of urea groups is 1. The van der Waals surface area contributed by atoms with Crippen molar-refractivity contribution in [3.8, 4) is 0 Å². The number of amides is 2. The van der Waals surface area contributed by atoms with Gasteiger partial charge in [0.2, 0.25) is 0 Å². The van der Waals surface area contributed by atoms with Crippen LogP contribution in [0.15, 0.2) is 42.6 Å². The molecule has 3 rings (SSSR count). The third-order valence-electron chi connectivity index (χ3n) is 4.88. The van der Waals surface area contributed by atoms with Crippen LogP contribution < -0.4 is 5.32 Å². The third-order valence-corrected chi connectivity index (χ3v) is 5.72. The van der Waals surface area contributed by atoms with Crippen molar-refractivity contribution < 1.29 is 9.90 Å². The maximum Gasteiger partial charge on any atom is 0.317 e. The lowest BCUT2D eigenvalue weighted by Gasteiger charge is -2.37. The fourth-order valence-corrected chi connectivity index (χ4v) is 4.26. The summed E-state index contributed by atoms with van der Waals surface area (Å²) in [5.74, 6) is 0. The molecular formula is C20H27N5O2S. The molecule has 0 bridgehead atoms. The Morgan fingerprint density at radius 2 is 2.25 bits per heavy atom. The SMILES string of the molecule is C=CCNC(=O)N1CCC(O)(c2csc(CN(C)Cc3cccnc3)n2)CC1. The first-order valence-corrected chi connectivity index (χ1v) is 10.3. The zero-order valence-corrected chi connectivity index (χ0v) is 17.0. The van der Waals surface area contributed by atoms with Crippen molar-refractivity contribution in [3.05, 3.63) is 58.8 Å². The Labute approximate surface area is 169 Å². The lowest BCUT2D eigenvalue weighted by atomic mass is 9.89. The summed E-state index contributed by atoms with van der Waals surface area (Å²) in [6.45, 7) is 6.57. The van der Waals surface area contributed by atoms with Gasteiger partial charge in [-0.3, -0.25) is 9.88 Å². The number of piperidine rings is 1. The summed E-state index contributed by atoms with van der Waals surface area (Å²) in [5, 5.41) is 16.7. The molecule has 2 N–H and O–H groups in total. The number of carbonyl (C=O) groups is 1. The second-order valence-electron chi connectivity index (χ2n) is 7.15.